The van der Waals surface area contributed by atoms with E-state index in [0.717, 1.165) is 18.8 Å². The van der Waals surface area contributed by atoms with E-state index in [1.165, 1.54) is 0 Å². The van der Waals surface area contributed by atoms with Crippen molar-refractivity contribution in [3.63, 3.8) is 0 Å². The molecule has 0 atom stereocenters. The highest BCUT2D eigenvalue weighted by Gasteiger charge is 1.91. The Balaban J connectivity index is 2.02. The minimum absolute atomic E-state index is 0.616. The number of rotatable bonds is 7. The van der Waals surface area contributed by atoms with Gasteiger partial charge in [0.05, 0.1) is 18.9 Å². The molecule has 14 heavy (non-hydrogen) atoms. The summed E-state index contributed by atoms with van der Waals surface area (Å²) in [6.45, 7) is 6.52. The van der Waals surface area contributed by atoms with Crippen LogP contribution >= 0.6 is 0 Å². The van der Waals surface area contributed by atoms with Crippen molar-refractivity contribution in [1.82, 2.24) is 10.3 Å². The van der Waals surface area contributed by atoms with E-state index in [4.69, 9.17) is 4.74 Å². The maximum Gasteiger partial charge on any atom is 0.0645 e. The predicted octanol–water partition coefficient (Wildman–Crippen LogP) is 1.37. The Morgan fingerprint density at radius 3 is 3.14 bits per heavy atom. The lowest BCUT2D eigenvalue weighted by Gasteiger charge is -2.03. The zero-order valence-corrected chi connectivity index (χ0v) is 8.28. The van der Waals surface area contributed by atoms with Gasteiger partial charge in [-0.15, -0.1) is 6.58 Å². The van der Waals surface area contributed by atoms with Crippen molar-refractivity contribution >= 4 is 0 Å². The van der Waals surface area contributed by atoms with Gasteiger partial charge in [-0.1, -0.05) is 12.1 Å². The molecule has 0 unspecified atom stereocenters. The van der Waals surface area contributed by atoms with Crippen LogP contribution in [0, 0.1) is 0 Å². The van der Waals surface area contributed by atoms with Crippen LogP contribution in [0.25, 0.3) is 0 Å². The molecular formula is C11H16N2O. The minimum atomic E-state index is 0.616. The molecule has 1 aromatic heterocycles. The highest BCUT2D eigenvalue weighted by molar-refractivity contribution is 5.02. The fourth-order valence-electron chi connectivity index (χ4n) is 1.03. The van der Waals surface area contributed by atoms with Crippen LogP contribution in [0.1, 0.15) is 5.69 Å². The van der Waals surface area contributed by atoms with Gasteiger partial charge >= 0.3 is 0 Å². The summed E-state index contributed by atoms with van der Waals surface area (Å²) in [6, 6.07) is 5.90. The van der Waals surface area contributed by atoms with Crippen LogP contribution in [-0.4, -0.2) is 24.7 Å². The van der Waals surface area contributed by atoms with Gasteiger partial charge in [0.1, 0.15) is 0 Å². The fourth-order valence-corrected chi connectivity index (χ4v) is 1.03. The predicted molar refractivity (Wildman–Crippen MR) is 57.0 cm³/mol. The molecule has 3 heteroatoms. The lowest BCUT2D eigenvalue weighted by Crippen LogP contribution is -2.19. The number of aromatic nitrogens is 1. The average Bonchev–Trinajstić information content (AvgIpc) is 2.25. The Labute approximate surface area is 84.8 Å². The molecule has 1 heterocycles. The molecule has 0 saturated carbocycles. The van der Waals surface area contributed by atoms with Crippen LogP contribution < -0.4 is 5.32 Å². The largest absolute Gasteiger partial charge is 0.376 e. The lowest BCUT2D eigenvalue weighted by atomic mass is 10.3. The van der Waals surface area contributed by atoms with Gasteiger partial charge in [0.25, 0.3) is 0 Å². The van der Waals surface area contributed by atoms with Crippen molar-refractivity contribution in [2.45, 2.75) is 6.54 Å². The van der Waals surface area contributed by atoms with Gasteiger partial charge in [-0.25, -0.2) is 0 Å². The summed E-state index contributed by atoms with van der Waals surface area (Å²) in [5, 5.41) is 3.24. The quantitative estimate of drug-likeness (QED) is 0.523. The van der Waals surface area contributed by atoms with Crippen LogP contribution in [0.2, 0.25) is 0 Å². The van der Waals surface area contributed by atoms with E-state index < -0.39 is 0 Å². The highest BCUT2D eigenvalue weighted by atomic mass is 16.5. The van der Waals surface area contributed by atoms with Gasteiger partial charge in [0.2, 0.25) is 0 Å². The maximum atomic E-state index is 5.22. The first-order valence-corrected chi connectivity index (χ1v) is 4.72. The third-order valence-electron chi connectivity index (χ3n) is 1.69. The van der Waals surface area contributed by atoms with Gasteiger partial charge in [0.15, 0.2) is 0 Å². The van der Waals surface area contributed by atoms with E-state index in [0.29, 0.717) is 13.2 Å². The van der Waals surface area contributed by atoms with Crippen molar-refractivity contribution in [3.05, 3.63) is 42.7 Å². The molecule has 1 rings (SSSR count). The van der Waals surface area contributed by atoms with E-state index >= 15 is 0 Å². The molecule has 0 aliphatic heterocycles. The van der Waals surface area contributed by atoms with Gasteiger partial charge in [0, 0.05) is 19.3 Å². The second kappa shape index (κ2) is 7.24. The zero-order chi connectivity index (χ0) is 10.1. The summed E-state index contributed by atoms with van der Waals surface area (Å²) >= 11 is 0. The van der Waals surface area contributed by atoms with Gasteiger partial charge in [-0.2, -0.15) is 0 Å². The molecule has 0 amide bonds. The van der Waals surface area contributed by atoms with Gasteiger partial charge < -0.3 is 10.1 Å². The summed E-state index contributed by atoms with van der Waals surface area (Å²) in [6.07, 6.45) is 3.55. The van der Waals surface area contributed by atoms with Crippen molar-refractivity contribution < 1.29 is 4.74 Å². The summed E-state index contributed by atoms with van der Waals surface area (Å²) in [5.41, 5.74) is 1.05. The molecule has 0 fully saturated rings. The Morgan fingerprint density at radius 1 is 1.50 bits per heavy atom. The normalized spacial score (nSPS) is 10.0. The molecule has 0 saturated heterocycles. The zero-order valence-electron chi connectivity index (χ0n) is 8.28. The second-order valence-corrected chi connectivity index (χ2v) is 2.86. The van der Waals surface area contributed by atoms with Crippen molar-refractivity contribution in [2.24, 2.45) is 0 Å². The summed E-state index contributed by atoms with van der Waals surface area (Å²) in [5.74, 6) is 0. The lowest BCUT2D eigenvalue weighted by molar-refractivity contribution is 0.163. The first-order chi connectivity index (χ1) is 6.93. The SMILES string of the molecule is C=CCOCCNCc1ccccn1. The molecule has 1 aromatic rings. The fraction of sp³-hybridized carbons (Fsp3) is 0.364. The van der Waals surface area contributed by atoms with Crippen LogP contribution in [0.15, 0.2) is 37.1 Å². The van der Waals surface area contributed by atoms with E-state index in [1.54, 1.807) is 12.3 Å². The first-order valence-electron chi connectivity index (χ1n) is 4.72. The number of nitrogens with zero attached hydrogens (tertiary/aromatic N) is 1. The van der Waals surface area contributed by atoms with E-state index in [9.17, 15) is 0 Å². The number of nitrogens with one attached hydrogen (secondary N) is 1. The molecule has 3 nitrogen and oxygen atoms in total. The Hall–Kier alpha value is -1.19. The molecule has 0 aromatic carbocycles. The van der Waals surface area contributed by atoms with Crippen LogP contribution in [0.3, 0.4) is 0 Å². The monoisotopic (exact) mass is 192 g/mol. The summed E-state index contributed by atoms with van der Waals surface area (Å²) < 4.78 is 5.22. The Bertz CT molecular complexity index is 249. The molecule has 1 N–H and O–H groups in total. The van der Waals surface area contributed by atoms with Crippen molar-refractivity contribution in [1.29, 1.82) is 0 Å². The Kier molecular flexibility index (Phi) is 5.63. The van der Waals surface area contributed by atoms with Crippen LogP contribution in [0.4, 0.5) is 0 Å². The standard InChI is InChI=1S/C11H16N2O/c1-2-8-14-9-7-12-10-11-5-3-4-6-13-11/h2-6,12H,1,7-10H2. The molecular weight excluding hydrogens is 176 g/mol. The Morgan fingerprint density at radius 2 is 2.43 bits per heavy atom. The third-order valence-corrected chi connectivity index (χ3v) is 1.69. The van der Waals surface area contributed by atoms with E-state index in [1.807, 2.05) is 18.2 Å². The number of hydrogen-bond acceptors (Lipinski definition) is 3. The molecule has 76 valence electrons. The molecule has 0 aliphatic carbocycles. The topological polar surface area (TPSA) is 34.1 Å². The van der Waals surface area contributed by atoms with Gasteiger partial charge in [-0.3, -0.25) is 4.98 Å². The third kappa shape index (κ3) is 4.74. The summed E-state index contributed by atoms with van der Waals surface area (Å²) in [7, 11) is 0. The van der Waals surface area contributed by atoms with Crippen molar-refractivity contribution in [3.8, 4) is 0 Å². The number of ether oxygens (including phenoxy) is 1. The van der Waals surface area contributed by atoms with Crippen LogP contribution in [0.5, 0.6) is 0 Å². The maximum absolute atomic E-state index is 5.22. The van der Waals surface area contributed by atoms with Crippen LogP contribution in [-0.2, 0) is 11.3 Å². The molecule has 0 bridgehead atoms. The average molecular weight is 192 g/mol. The highest BCUT2D eigenvalue weighted by Crippen LogP contribution is 1.91. The van der Waals surface area contributed by atoms with E-state index in [-0.39, 0.29) is 0 Å². The molecule has 0 radical (unpaired) electrons. The summed E-state index contributed by atoms with van der Waals surface area (Å²) in [4.78, 5) is 4.19. The minimum Gasteiger partial charge on any atom is -0.376 e. The molecule has 0 aliphatic rings. The smallest absolute Gasteiger partial charge is 0.0645 e. The van der Waals surface area contributed by atoms with Crippen molar-refractivity contribution in [2.75, 3.05) is 19.8 Å². The first kappa shape index (κ1) is 10.9. The number of hydrogen-bond donors (Lipinski definition) is 1. The van der Waals surface area contributed by atoms with E-state index in [2.05, 4.69) is 16.9 Å². The van der Waals surface area contributed by atoms with Gasteiger partial charge in [-0.05, 0) is 12.1 Å². The number of pyridine rings is 1. The second-order valence-electron chi connectivity index (χ2n) is 2.86. The molecule has 0 spiro atoms.